The van der Waals surface area contributed by atoms with Crippen molar-refractivity contribution in [1.82, 2.24) is 5.32 Å². The summed E-state index contributed by atoms with van der Waals surface area (Å²) in [7, 11) is 4.36. The molecule has 2 rings (SSSR count). The molecule has 7 heteroatoms. The summed E-state index contributed by atoms with van der Waals surface area (Å²) in [6, 6.07) is 4.64. The van der Waals surface area contributed by atoms with Gasteiger partial charge in [0.1, 0.15) is 6.29 Å². The molecule has 0 bridgehead atoms. The number of rotatable bonds is 8. The van der Waals surface area contributed by atoms with E-state index in [0.29, 0.717) is 23.5 Å². The van der Waals surface area contributed by atoms with E-state index < -0.39 is 12.0 Å². The van der Waals surface area contributed by atoms with Crippen molar-refractivity contribution in [2.75, 3.05) is 21.3 Å². The highest BCUT2D eigenvalue weighted by Crippen LogP contribution is 2.33. The summed E-state index contributed by atoms with van der Waals surface area (Å²) < 4.78 is 15.3. The molecule has 1 N–H and O–H groups in total. The maximum Gasteiger partial charge on any atom is 0.307 e. The minimum absolute atomic E-state index is 0.0177. The molecule has 7 nitrogen and oxygen atoms in total. The number of aldehydes is 1. The van der Waals surface area contributed by atoms with Crippen LogP contribution in [0.25, 0.3) is 0 Å². The van der Waals surface area contributed by atoms with Crippen molar-refractivity contribution in [2.45, 2.75) is 38.1 Å². The number of nitrogens with one attached hydrogen (secondary N) is 1. The Labute approximate surface area is 159 Å². The van der Waals surface area contributed by atoms with Crippen molar-refractivity contribution in [3.8, 4) is 11.5 Å². The monoisotopic (exact) mass is 377 g/mol. The lowest BCUT2D eigenvalue weighted by atomic mass is 9.79. The topological polar surface area (TPSA) is 90.9 Å². The fourth-order valence-corrected chi connectivity index (χ4v) is 3.50. The van der Waals surface area contributed by atoms with Crippen LogP contribution in [0.15, 0.2) is 18.2 Å². The molecule has 1 aliphatic carbocycles. The number of esters is 1. The molecule has 1 saturated carbocycles. The average molecular weight is 377 g/mol. The van der Waals surface area contributed by atoms with E-state index in [4.69, 9.17) is 14.2 Å². The number of amides is 1. The van der Waals surface area contributed by atoms with Crippen LogP contribution in [0, 0.1) is 11.8 Å². The van der Waals surface area contributed by atoms with E-state index in [1.54, 1.807) is 18.2 Å². The van der Waals surface area contributed by atoms with Gasteiger partial charge in [0, 0.05) is 11.8 Å². The molecule has 0 heterocycles. The van der Waals surface area contributed by atoms with Gasteiger partial charge in [0.05, 0.1) is 33.8 Å². The molecule has 1 amide bonds. The van der Waals surface area contributed by atoms with Gasteiger partial charge in [-0.1, -0.05) is 18.9 Å². The van der Waals surface area contributed by atoms with Crippen LogP contribution in [0.1, 0.15) is 43.7 Å². The Morgan fingerprint density at radius 2 is 1.85 bits per heavy atom. The summed E-state index contributed by atoms with van der Waals surface area (Å²) >= 11 is 0. The number of hydrogen-bond acceptors (Lipinski definition) is 6. The zero-order chi connectivity index (χ0) is 19.8. The molecule has 0 spiro atoms. The SMILES string of the molecule is COC(=O)CC(NC(=O)C1CCCCC1C=O)c1ccc(OC)c(OC)c1. The first-order valence-corrected chi connectivity index (χ1v) is 9.08. The number of benzene rings is 1. The Morgan fingerprint density at radius 1 is 1.15 bits per heavy atom. The fraction of sp³-hybridized carbons (Fsp3) is 0.550. The fourth-order valence-electron chi connectivity index (χ4n) is 3.50. The molecule has 3 unspecified atom stereocenters. The van der Waals surface area contributed by atoms with Crippen molar-refractivity contribution in [1.29, 1.82) is 0 Å². The van der Waals surface area contributed by atoms with Gasteiger partial charge in [-0.15, -0.1) is 0 Å². The molecule has 0 aromatic heterocycles. The van der Waals surface area contributed by atoms with Crippen LogP contribution in [-0.4, -0.2) is 39.5 Å². The molecule has 0 saturated heterocycles. The van der Waals surface area contributed by atoms with E-state index in [1.807, 2.05) is 0 Å². The first-order valence-electron chi connectivity index (χ1n) is 9.08. The highest BCUT2D eigenvalue weighted by molar-refractivity contribution is 5.83. The first-order chi connectivity index (χ1) is 13.0. The van der Waals surface area contributed by atoms with Crippen molar-refractivity contribution >= 4 is 18.2 Å². The van der Waals surface area contributed by atoms with Crippen LogP contribution in [0.3, 0.4) is 0 Å². The van der Waals surface area contributed by atoms with Crippen molar-refractivity contribution in [2.24, 2.45) is 11.8 Å². The number of ether oxygens (including phenoxy) is 3. The molecular formula is C20H27NO6. The van der Waals surface area contributed by atoms with Gasteiger partial charge in [0.25, 0.3) is 0 Å². The Balaban J connectivity index is 2.25. The predicted octanol–water partition coefficient (Wildman–Crippen LogP) is 2.43. The smallest absolute Gasteiger partial charge is 0.307 e. The second-order valence-electron chi connectivity index (χ2n) is 6.65. The van der Waals surface area contributed by atoms with Gasteiger partial charge in [-0.05, 0) is 30.5 Å². The average Bonchev–Trinajstić information content (AvgIpc) is 2.72. The third-order valence-corrected chi connectivity index (χ3v) is 5.06. The second-order valence-corrected chi connectivity index (χ2v) is 6.65. The number of carbonyl (C=O) groups is 3. The number of methoxy groups -OCH3 is 3. The first kappa shape index (κ1) is 20.7. The third kappa shape index (κ3) is 5.21. The van der Waals surface area contributed by atoms with Crippen LogP contribution >= 0.6 is 0 Å². The summed E-state index contributed by atoms with van der Waals surface area (Å²) in [5.41, 5.74) is 0.699. The Bertz CT molecular complexity index is 674. The molecule has 3 atom stereocenters. The van der Waals surface area contributed by atoms with Gasteiger partial charge < -0.3 is 24.3 Å². The van der Waals surface area contributed by atoms with Crippen LogP contribution in [0.2, 0.25) is 0 Å². The van der Waals surface area contributed by atoms with Crippen LogP contribution in [0.4, 0.5) is 0 Å². The van der Waals surface area contributed by atoms with E-state index in [-0.39, 0.29) is 24.2 Å². The Morgan fingerprint density at radius 3 is 2.48 bits per heavy atom. The number of carbonyl (C=O) groups excluding carboxylic acids is 3. The van der Waals surface area contributed by atoms with Gasteiger partial charge >= 0.3 is 5.97 Å². The van der Waals surface area contributed by atoms with E-state index in [2.05, 4.69) is 5.32 Å². The van der Waals surface area contributed by atoms with Gasteiger partial charge in [0.15, 0.2) is 11.5 Å². The second kappa shape index (κ2) is 9.94. The van der Waals surface area contributed by atoms with Gasteiger partial charge in [0.2, 0.25) is 5.91 Å². The quantitative estimate of drug-likeness (QED) is 0.553. The normalized spacial score (nSPS) is 20.3. The lowest BCUT2D eigenvalue weighted by Gasteiger charge is -2.29. The molecule has 1 aromatic rings. The van der Waals surface area contributed by atoms with E-state index in [0.717, 1.165) is 25.5 Å². The lowest BCUT2D eigenvalue weighted by Crippen LogP contribution is -2.40. The largest absolute Gasteiger partial charge is 0.493 e. The molecule has 27 heavy (non-hydrogen) atoms. The van der Waals surface area contributed by atoms with Gasteiger partial charge in [-0.3, -0.25) is 9.59 Å². The standard InChI is InChI=1S/C20H27NO6/c1-25-17-9-8-13(10-18(17)26-2)16(11-19(23)27-3)21-20(24)15-7-5-4-6-14(15)12-22/h8-10,12,14-16H,4-7,11H2,1-3H3,(H,21,24). The lowest BCUT2D eigenvalue weighted by molar-refractivity contribution is -0.141. The minimum atomic E-state index is -0.584. The summed E-state index contributed by atoms with van der Waals surface area (Å²) in [4.78, 5) is 36.0. The van der Waals surface area contributed by atoms with Crippen molar-refractivity contribution in [3.63, 3.8) is 0 Å². The third-order valence-electron chi connectivity index (χ3n) is 5.06. The molecule has 1 aliphatic rings. The zero-order valence-electron chi connectivity index (χ0n) is 16.0. The van der Waals surface area contributed by atoms with E-state index in [9.17, 15) is 14.4 Å². The summed E-state index contributed by atoms with van der Waals surface area (Å²) in [6.45, 7) is 0. The van der Waals surface area contributed by atoms with Crippen molar-refractivity contribution < 1.29 is 28.6 Å². The van der Waals surface area contributed by atoms with Crippen LogP contribution in [-0.2, 0) is 19.1 Å². The zero-order valence-corrected chi connectivity index (χ0v) is 16.0. The highest BCUT2D eigenvalue weighted by atomic mass is 16.5. The summed E-state index contributed by atoms with van der Waals surface area (Å²) in [5, 5.41) is 2.93. The molecule has 0 aliphatic heterocycles. The molecule has 148 valence electrons. The Kier molecular flexibility index (Phi) is 7.64. The molecule has 1 aromatic carbocycles. The van der Waals surface area contributed by atoms with Gasteiger partial charge in [-0.25, -0.2) is 0 Å². The predicted molar refractivity (Wildman–Crippen MR) is 98.6 cm³/mol. The maximum absolute atomic E-state index is 12.8. The summed E-state index contributed by atoms with van der Waals surface area (Å²) in [6.07, 6.45) is 4.12. The molecule has 0 radical (unpaired) electrons. The highest BCUT2D eigenvalue weighted by Gasteiger charge is 2.32. The molecule has 1 fully saturated rings. The van der Waals surface area contributed by atoms with Crippen molar-refractivity contribution in [3.05, 3.63) is 23.8 Å². The van der Waals surface area contributed by atoms with Crippen LogP contribution < -0.4 is 14.8 Å². The maximum atomic E-state index is 12.8. The Hall–Kier alpha value is -2.57. The van der Waals surface area contributed by atoms with E-state index in [1.165, 1.54) is 21.3 Å². The minimum Gasteiger partial charge on any atom is -0.493 e. The van der Waals surface area contributed by atoms with E-state index >= 15 is 0 Å². The number of hydrogen-bond donors (Lipinski definition) is 1. The van der Waals surface area contributed by atoms with Crippen LogP contribution in [0.5, 0.6) is 11.5 Å². The van der Waals surface area contributed by atoms with Gasteiger partial charge in [-0.2, -0.15) is 0 Å². The molecular weight excluding hydrogens is 350 g/mol. The summed E-state index contributed by atoms with van der Waals surface area (Å²) in [5.74, 6) is -0.235.